The molecule has 6 nitrogen and oxygen atoms in total. The van der Waals surface area contributed by atoms with E-state index in [1.165, 1.54) is 0 Å². The Morgan fingerprint density at radius 3 is 0.357 bits per heavy atom. The molecule has 14 heavy (non-hydrogen) atoms. The normalized spacial score (nSPS) is 0.857. The van der Waals surface area contributed by atoms with Crippen LogP contribution >= 0.6 is 0 Å². The summed E-state index contributed by atoms with van der Waals surface area (Å²) in [7, 11) is 0. The van der Waals surface area contributed by atoms with Crippen LogP contribution in [-0.2, 0) is 17.1 Å². The molecule has 0 spiro atoms. The number of nitriles is 6. The van der Waals surface area contributed by atoms with E-state index in [9.17, 15) is 0 Å². The van der Waals surface area contributed by atoms with E-state index in [0.717, 1.165) is 0 Å². The summed E-state index contributed by atoms with van der Waals surface area (Å²) < 4.78 is 0. The third-order valence-electron chi connectivity index (χ3n) is 0. The van der Waals surface area contributed by atoms with E-state index in [1.54, 1.807) is 0 Å². The van der Waals surface area contributed by atoms with Crippen molar-refractivity contribution in [2.24, 2.45) is 0 Å². The summed E-state index contributed by atoms with van der Waals surface area (Å²) in [5.41, 5.74) is 0. The van der Waals surface area contributed by atoms with Gasteiger partial charge in [-0.25, -0.2) is 31.6 Å². The van der Waals surface area contributed by atoms with Gasteiger partial charge in [-0.1, -0.05) is 0 Å². The van der Waals surface area contributed by atoms with Gasteiger partial charge in [-0.05, 0) is 0 Å². The van der Waals surface area contributed by atoms with Crippen molar-refractivity contribution in [1.29, 1.82) is 31.6 Å². The van der Waals surface area contributed by atoms with E-state index in [4.69, 9.17) is 31.6 Å². The van der Waals surface area contributed by atoms with Gasteiger partial charge in [-0.15, -0.1) is 0 Å². The van der Waals surface area contributed by atoms with Crippen LogP contribution in [-0.4, -0.2) is 18.9 Å². The minimum atomic E-state index is 0. The molecule has 0 aliphatic rings. The molecule has 0 aromatic rings. The molecule has 0 amide bonds. The molecule has 0 saturated heterocycles. The molecule has 8 heteroatoms. The van der Waals surface area contributed by atoms with E-state index < -0.39 is 0 Å². The van der Waals surface area contributed by atoms with Crippen LogP contribution in [0, 0.1) is 71.0 Å². The Hall–Kier alpha value is -1.94. The summed E-state index contributed by atoms with van der Waals surface area (Å²) >= 11 is 0. The van der Waals surface area contributed by atoms with Crippen LogP contribution in [0.5, 0.6) is 0 Å². The van der Waals surface area contributed by atoms with Crippen molar-refractivity contribution in [3.63, 3.8) is 0 Å². The van der Waals surface area contributed by atoms with E-state index in [1.807, 2.05) is 0 Å². The zero-order valence-corrected chi connectivity index (χ0v) is 7.61. The van der Waals surface area contributed by atoms with Crippen LogP contribution in [0.4, 0.5) is 0 Å². The average molecular weight is 226 g/mol. The predicted molar refractivity (Wildman–Crippen MR) is 47.2 cm³/mol. The van der Waals surface area contributed by atoms with Gasteiger partial charge in [0.2, 0.25) is 0 Å². The summed E-state index contributed by atoms with van der Waals surface area (Å²) in [5, 5.41) is 39.0. The van der Waals surface area contributed by atoms with Gasteiger partial charge in [0.05, 0.1) is 0 Å². The molecule has 0 unspecified atom stereocenters. The van der Waals surface area contributed by atoms with Crippen molar-refractivity contribution in [2.75, 3.05) is 0 Å². The summed E-state index contributed by atoms with van der Waals surface area (Å²) in [5.74, 6) is 0. The molecule has 0 aromatic carbocycles. The Labute approximate surface area is 107 Å². The third-order valence-corrected chi connectivity index (χ3v) is 0. The topological polar surface area (TPSA) is 143 Å². The van der Waals surface area contributed by atoms with Gasteiger partial charge in [-0.2, -0.15) is 0 Å². The second kappa shape index (κ2) is 296. The fourth-order valence-electron chi connectivity index (χ4n) is 0. The predicted octanol–water partition coefficient (Wildman–Crippen LogP) is 0.188. The molecule has 0 bridgehead atoms. The van der Waals surface area contributed by atoms with E-state index in [2.05, 4.69) is 39.4 Å². The first kappa shape index (κ1) is 89.6. The standard InChI is InChI=1S/6CHN.Fe.Li.H/c6*1-2;;;/h6*1H;;;. The van der Waals surface area contributed by atoms with Crippen LogP contribution in [0.15, 0.2) is 0 Å². The van der Waals surface area contributed by atoms with Crippen molar-refractivity contribution in [1.82, 2.24) is 0 Å². The zero-order valence-electron chi connectivity index (χ0n) is 6.50. The van der Waals surface area contributed by atoms with Crippen LogP contribution in [0.25, 0.3) is 0 Å². The average Bonchev–Trinajstić information content (AvgIpc) is 2.33. The first-order chi connectivity index (χ1) is 6.00. The van der Waals surface area contributed by atoms with Gasteiger partial charge in [0.15, 0.2) is 0 Å². The molecule has 0 atom stereocenters. The summed E-state index contributed by atoms with van der Waals surface area (Å²) in [4.78, 5) is 0. The maximum atomic E-state index is 6.50. The van der Waals surface area contributed by atoms with Gasteiger partial charge < -0.3 is 0 Å². The minimum absolute atomic E-state index is 0. The van der Waals surface area contributed by atoms with Gasteiger partial charge >= 0.3 is 18.9 Å². The molecule has 0 radical (unpaired) electrons. The fourth-order valence-corrected chi connectivity index (χ4v) is 0. The number of nitrogens with zero attached hydrogens (tertiary/aromatic N) is 6. The molecule has 0 rings (SSSR count). The monoisotopic (exact) mass is 226 g/mol. The van der Waals surface area contributed by atoms with Crippen molar-refractivity contribution < 1.29 is 17.1 Å². The van der Waals surface area contributed by atoms with E-state index in [0.29, 0.717) is 0 Å². The first-order valence-corrected chi connectivity index (χ1v) is 1.55. The third kappa shape index (κ3) is 218. The quantitative estimate of drug-likeness (QED) is 0.539. The van der Waals surface area contributed by atoms with Gasteiger partial charge in [-0.3, -0.25) is 0 Å². The molecule has 0 aromatic heterocycles. The molecule has 70 valence electrons. The molecule has 0 heterocycles. The molecule has 0 saturated carbocycles. The van der Waals surface area contributed by atoms with Crippen LogP contribution in [0.2, 0.25) is 0 Å². The summed E-state index contributed by atoms with van der Waals surface area (Å²) in [6, 6.07) is 0. The van der Waals surface area contributed by atoms with Crippen LogP contribution in [0.1, 0.15) is 0 Å². The Morgan fingerprint density at radius 1 is 0.357 bits per heavy atom. The van der Waals surface area contributed by atoms with Crippen LogP contribution in [0.3, 0.4) is 0 Å². The second-order valence-corrected chi connectivity index (χ2v) is 0. The number of hydrogen-bond acceptors (Lipinski definition) is 6. The Morgan fingerprint density at radius 2 is 0.357 bits per heavy atom. The van der Waals surface area contributed by atoms with Crippen molar-refractivity contribution in [3.05, 3.63) is 0 Å². The SMILES string of the molecule is C#N.C#N.C#N.C#N.C#N.C#N.[Fe].[LiH]. The molecular formula is C6H7FeLiN6. The molecule has 0 fully saturated rings. The Bertz CT molecular complexity index is 97.3. The number of hydrogen-bond donors (Lipinski definition) is 0. The molecule has 0 N–H and O–H groups in total. The second-order valence-electron chi connectivity index (χ2n) is 0. The van der Waals surface area contributed by atoms with Crippen molar-refractivity contribution in [3.8, 4) is 39.4 Å². The van der Waals surface area contributed by atoms with Gasteiger partial charge in [0.25, 0.3) is 0 Å². The van der Waals surface area contributed by atoms with Gasteiger partial charge in [0.1, 0.15) is 0 Å². The fraction of sp³-hybridized carbons (Fsp3) is 0. The first-order valence-electron chi connectivity index (χ1n) is 1.55. The maximum absolute atomic E-state index is 6.50. The molecular weight excluding hydrogens is 219 g/mol. The van der Waals surface area contributed by atoms with Crippen molar-refractivity contribution >= 4 is 18.9 Å². The van der Waals surface area contributed by atoms with Crippen molar-refractivity contribution in [2.45, 2.75) is 0 Å². The van der Waals surface area contributed by atoms with Gasteiger partial charge in [0, 0.05) is 56.5 Å². The summed E-state index contributed by atoms with van der Waals surface area (Å²) in [6.45, 7) is 21.0. The number of rotatable bonds is 0. The van der Waals surface area contributed by atoms with E-state index in [-0.39, 0.29) is 35.9 Å². The summed E-state index contributed by atoms with van der Waals surface area (Å²) in [6.07, 6.45) is 0. The van der Waals surface area contributed by atoms with E-state index >= 15 is 0 Å². The van der Waals surface area contributed by atoms with Crippen LogP contribution < -0.4 is 0 Å². The zero-order chi connectivity index (χ0) is 12.0. The Kier molecular flexibility index (Phi) is 1890. The molecule has 0 aliphatic heterocycles. The molecule has 0 aliphatic carbocycles. The Balaban J connectivity index is -0.00000000500.